The molecular weight excluding hydrogens is 402 g/mol. The Balaban J connectivity index is 2.01. The first-order valence-electron chi connectivity index (χ1n) is 9.70. The number of hydrazine groups is 1. The van der Waals surface area contributed by atoms with Crippen LogP contribution in [0.2, 0.25) is 0 Å². The number of benzene rings is 2. The van der Waals surface area contributed by atoms with Crippen LogP contribution in [0.3, 0.4) is 0 Å². The van der Waals surface area contributed by atoms with Gasteiger partial charge in [-0.05, 0) is 61.2 Å². The largest absolute Gasteiger partial charge is 0.493 e. The number of nitrogens with zero attached hydrogens (tertiary/aromatic N) is 2. The maximum atomic E-state index is 12.9. The van der Waals surface area contributed by atoms with Gasteiger partial charge in [-0.2, -0.15) is 0 Å². The van der Waals surface area contributed by atoms with Crippen molar-refractivity contribution in [1.29, 1.82) is 0 Å². The van der Waals surface area contributed by atoms with E-state index in [4.69, 9.17) is 9.47 Å². The Morgan fingerprint density at radius 1 is 1.16 bits per heavy atom. The number of hydrogen-bond donors (Lipinski definition) is 1. The van der Waals surface area contributed by atoms with Gasteiger partial charge >= 0.3 is 5.69 Å². The van der Waals surface area contributed by atoms with Crippen molar-refractivity contribution < 1.29 is 24.0 Å². The number of nitro groups is 1. The van der Waals surface area contributed by atoms with E-state index in [0.717, 1.165) is 16.1 Å². The van der Waals surface area contributed by atoms with Gasteiger partial charge in [0.15, 0.2) is 5.75 Å². The highest BCUT2D eigenvalue weighted by Crippen LogP contribution is 2.39. The molecule has 0 spiro atoms. The summed E-state index contributed by atoms with van der Waals surface area (Å²) in [7, 11) is 1.36. The summed E-state index contributed by atoms with van der Waals surface area (Å²) >= 11 is 0. The van der Waals surface area contributed by atoms with E-state index in [-0.39, 0.29) is 34.9 Å². The minimum atomic E-state index is -0.601. The molecule has 1 heterocycles. The molecule has 31 heavy (non-hydrogen) atoms. The standard InChI is InChI=1S/C22H23N3O6/c1-5-8-31-20-18(25(28)29)11-15(12-19(20)30-4)10-17-21(26)23-24(22(17)27)16-7-6-13(2)14(3)9-16/h6-7,9-12H,5,8H2,1-4H3,(H,23,26)/b17-10-. The predicted octanol–water partition coefficient (Wildman–Crippen LogP) is 3.47. The van der Waals surface area contributed by atoms with Gasteiger partial charge < -0.3 is 9.47 Å². The Morgan fingerprint density at radius 2 is 1.90 bits per heavy atom. The molecule has 0 atom stereocenters. The minimum absolute atomic E-state index is 0.00968. The Bertz CT molecular complexity index is 1090. The average Bonchev–Trinajstić information content (AvgIpc) is 3.02. The number of hydrogen-bond acceptors (Lipinski definition) is 6. The smallest absolute Gasteiger partial charge is 0.315 e. The van der Waals surface area contributed by atoms with Crippen LogP contribution in [-0.4, -0.2) is 30.5 Å². The van der Waals surface area contributed by atoms with Gasteiger partial charge in [0.25, 0.3) is 11.8 Å². The number of nitrogens with one attached hydrogen (secondary N) is 1. The van der Waals surface area contributed by atoms with Crippen LogP contribution in [0.4, 0.5) is 11.4 Å². The van der Waals surface area contributed by atoms with Crippen molar-refractivity contribution in [2.24, 2.45) is 0 Å². The number of ether oxygens (including phenoxy) is 2. The number of amides is 2. The first kappa shape index (κ1) is 21.8. The molecule has 3 rings (SSSR count). The lowest BCUT2D eigenvalue weighted by molar-refractivity contribution is -0.386. The lowest BCUT2D eigenvalue weighted by Crippen LogP contribution is -2.35. The summed E-state index contributed by atoms with van der Waals surface area (Å²) in [5.41, 5.74) is 4.90. The molecule has 0 bridgehead atoms. The van der Waals surface area contributed by atoms with Crippen molar-refractivity contribution in [2.45, 2.75) is 27.2 Å². The quantitative estimate of drug-likeness (QED) is 0.315. The van der Waals surface area contributed by atoms with E-state index in [1.807, 2.05) is 26.8 Å². The number of anilines is 1. The van der Waals surface area contributed by atoms with Crippen LogP contribution in [-0.2, 0) is 9.59 Å². The van der Waals surface area contributed by atoms with Crippen molar-refractivity contribution in [3.63, 3.8) is 0 Å². The van der Waals surface area contributed by atoms with Crippen LogP contribution < -0.4 is 19.9 Å². The zero-order chi connectivity index (χ0) is 22.7. The van der Waals surface area contributed by atoms with Crippen molar-refractivity contribution in [3.8, 4) is 11.5 Å². The number of aryl methyl sites for hydroxylation is 2. The van der Waals surface area contributed by atoms with Gasteiger partial charge in [-0.15, -0.1) is 0 Å². The summed E-state index contributed by atoms with van der Waals surface area (Å²) in [4.78, 5) is 36.3. The molecule has 1 saturated heterocycles. The number of carbonyl (C=O) groups excluding carboxylic acids is 2. The van der Waals surface area contributed by atoms with E-state index < -0.39 is 16.7 Å². The molecule has 2 aromatic carbocycles. The zero-order valence-electron chi connectivity index (χ0n) is 17.7. The zero-order valence-corrected chi connectivity index (χ0v) is 17.7. The molecule has 1 aliphatic rings. The molecule has 0 aromatic heterocycles. The van der Waals surface area contributed by atoms with E-state index in [0.29, 0.717) is 12.1 Å². The Labute approximate surface area is 179 Å². The molecule has 2 aromatic rings. The average molecular weight is 425 g/mol. The molecule has 1 aliphatic heterocycles. The van der Waals surface area contributed by atoms with Gasteiger partial charge in [-0.3, -0.25) is 25.1 Å². The summed E-state index contributed by atoms with van der Waals surface area (Å²) in [6, 6.07) is 8.13. The summed E-state index contributed by atoms with van der Waals surface area (Å²) < 4.78 is 10.7. The molecule has 0 aliphatic carbocycles. The second-order valence-electron chi connectivity index (χ2n) is 7.09. The topological polar surface area (TPSA) is 111 Å². The molecule has 0 radical (unpaired) electrons. The fourth-order valence-corrected chi connectivity index (χ4v) is 3.10. The van der Waals surface area contributed by atoms with Crippen LogP contribution in [0.1, 0.15) is 30.0 Å². The Morgan fingerprint density at radius 3 is 2.52 bits per heavy atom. The van der Waals surface area contributed by atoms with Crippen molar-refractivity contribution in [2.75, 3.05) is 18.7 Å². The third-order valence-electron chi connectivity index (χ3n) is 4.88. The Kier molecular flexibility index (Phi) is 6.24. The van der Waals surface area contributed by atoms with Crippen molar-refractivity contribution in [3.05, 3.63) is 62.7 Å². The first-order valence-corrected chi connectivity index (χ1v) is 9.70. The molecule has 0 saturated carbocycles. The van der Waals surface area contributed by atoms with E-state index >= 15 is 0 Å². The normalized spacial score (nSPS) is 14.7. The van der Waals surface area contributed by atoms with Crippen LogP contribution in [0, 0.1) is 24.0 Å². The number of methoxy groups -OCH3 is 1. The lowest BCUT2D eigenvalue weighted by Gasteiger charge is -2.16. The summed E-state index contributed by atoms with van der Waals surface area (Å²) in [6.07, 6.45) is 1.97. The third-order valence-corrected chi connectivity index (χ3v) is 4.88. The minimum Gasteiger partial charge on any atom is -0.493 e. The van der Waals surface area contributed by atoms with Gasteiger partial charge in [0, 0.05) is 6.07 Å². The van der Waals surface area contributed by atoms with Crippen LogP contribution >= 0.6 is 0 Å². The van der Waals surface area contributed by atoms with Gasteiger partial charge in [-0.1, -0.05) is 13.0 Å². The summed E-state index contributed by atoms with van der Waals surface area (Å²) in [6.45, 7) is 6.01. The molecule has 1 N–H and O–H groups in total. The molecular formula is C22H23N3O6. The number of rotatable bonds is 7. The fraction of sp³-hybridized carbons (Fsp3) is 0.273. The van der Waals surface area contributed by atoms with Crippen LogP contribution in [0.5, 0.6) is 11.5 Å². The van der Waals surface area contributed by atoms with E-state index in [9.17, 15) is 19.7 Å². The van der Waals surface area contributed by atoms with Gasteiger partial charge in [0.2, 0.25) is 5.75 Å². The van der Waals surface area contributed by atoms with Crippen LogP contribution in [0.15, 0.2) is 35.9 Å². The van der Waals surface area contributed by atoms with E-state index in [1.165, 1.54) is 25.3 Å². The Hall–Kier alpha value is -3.88. The van der Waals surface area contributed by atoms with Gasteiger partial charge in [0.05, 0.1) is 24.3 Å². The molecule has 9 nitrogen and oxygen atoms in total. The highest BCUT2D eigenvalue weighted by molar-refractivity contribution is 6.31. The first-order chi connectivity index (χ1) is 14.8. The fourth-order valence-electron chi connectivity index (χ4n) is 3.10. The number of carbonyl (C=O) groups is 2. The van der Waals surface area contributed by atoms with E-state index in [1.54, 1.807) is 12.1 Å². The van der Waals surface area contributed by atoms with Gasteiger partial charge in [-0.25, -0.2) is 5.01 Å². The molecule has 0 unspecified atom stereocenters. The summed E-state index contributed by atoms with van der Waals surface area (Å²) in [5, 5.41) is 12.7. The molecule has 1 fully saturated rings. The maximum Gasteiger partial charge on any atom is 0.315 e. The van der Waals surface area contributed by atoms with Gasteiger partial charge in [0.1, 0.15) is 5.57 Å². The molecule has 9 heteroatoms. The second-order valence-corrected chi connectivity index (χ2v) is 7.09. The lowest BCUT2D eigenvalue weighted by atomic mass is 10.1. The maximum absolute atomic E-state index is 12.9. The van der Waals surface area contributed by atoms with Crippen LogP contribution in [0.25, 0.3) is 6.08 Å². The highest BCUT2D eigenvalue weighted by atomic mass is 16.6. The summed E-state index contributed by atoms with van der Waals surface area (Å²) in [5.74, 6) is -1.00. The SMILES string of the molecule is CCCOc1c(OC)cc(/C=C2/C(=O)NN(c3ccc(C)c(C)c3)C2=O)cc1[N+](=O)[O-]. The predicted molar refractivity (Wildman–Crippen MR) is 115 cm³/mol. The molecule has 162 valence electrons. The van der Waals surface area contributed by atoms with E-state index in [2.05, 4.69) is 5.43 Å². The number of nitro benzene ring substituents is 1. The molecule has 2 amide bonds. The highest BCUT2D eigenvalue weighted by Gasteiger charge is 2.35. The van der Waals surface area contributed by atoms with Crippen molar-refractivity contribution >= 4 is 29.3 Å². The monoisotopic (exact) mass is 425 g/mol. The third kappa shape index (κ3) is 4.35. The second kappa shape index (κ2) is 8.86. The van der Waals surface area contributed by atoms with Crippen molar-refractivity contribution in [1.82, 2.24) is 5.43 Å².